The summed E-state index contributed by atoms with van der Waals surface area (Å²) in [7, 11) is 0. The van der Waals surface area contributed by atoms with Crippen LogP contribution in [-0.2, 0) is 0 Å². The number of nitrogens with zero attached hydrogens (tertiary/aromatic N) is 1. The second-order valence-corrected chi connectivity index (χ2v) is 4.24. The SMILES string of the molecule is O=N[C@@H](CCl)CNc1cc(F)cc(OC(F)(F)C(F)F)c1. The molecule has 0 radical (unpaired) electrons. The molecule has 0 aliphatic rings. The fourth-order valence-corrected chi connectivity index (χ4v) is 1.45. The fraction of sp³-hybridized carbons (Fsp3) is 0.455. The van der Waals surface area contributed by atoms with Gasteiger partial charge in [0.25, 0.3) is 0 Å². The van der Waals surface area contributed by atoms with E-state index in [0.717, 1.165) is 12.1 Å². The van der Waals surface area contributed by atoms with Gasteiger partial charge in [-0.05, 0) is 6.07 Å². The monoisotopic (exact) mass is 332 g/mol. The zero-order valence-corrected chi connectivity index (χ0v) is 11.1. The molecule has 0 unspecified atom stereocenters. The van der Waals surface area contributed by atoms with Gasteiger partial charge in [-0.25, -0.2) is 4.39 Å². The van der Waals surface area contributed by atoms with E-state index in [1.807, 2.05) is 0 Å². The van der Waals surface area contributed by atoms with Crippen molar-refractivity contribution >= 4 is 17.3 Å². The van der Waals surface area contributed by atoms with Crippen molar-refractivity contribution in [1.29, 1.82) is 0 Å². The van der Waals surface area contributed by atoms with Crippen molar-refractivity contribution < 1.29 is 26.7 Å². The Morgan fingerprint density at radius 3 is 2.52 bits per heavy atom. The fourth-order valence-electron chi connectivity index (χ4n) is 1.28. The molecular weight excluding hydrogens is 323 g/mol. The summed E-state index contributed by atoms with van der Waals surface area (Å²) in [5.41, 5.74) is -0.0474. The highest BCUT2D eigenvalue weighted by atomic mass is 35.5. The van der Waals surface area contributed by atoms with Crippen LogP contribution >= 0.6 is 11.6 Å². The first-order valence-corrected chi connectivity index (χ1v) is 6.09. The van der Waals surface area contributed by atoms with E-state index in [9.17, 15) is 26.9 Å². The van der Waals surface area contributed by atoms with Crippen molar-refractivity contribution in [3.05, 3.63) is 28.9 Å². The number of nitroso groups, excluding NO2 is 1. The maximum atomic E-state index is 13.2. The molecule has 0 spiro atoms. The van der Waals surface area contributed by atoms with Gasteiger partial charge in [0.2, 0.25) is 0 Å². The molecule has 1 N–H and O–H groups in total. The second kappa shape index (κ2) is 7.39. The number of benzene rings is 1. The summed E-state index contributed by atoms with van der Waals surface area (Å²) in [6.07, 6.45) is -8.80. The summed E-state index contributed by atoms with van der Waals surface area (Å²) in [6.45, 7) is -0.0822. The molecule has 0 fully saturated rings. The topological polar surface area (TPSA) is 50.7 Å². The minimum atomic E-state index is -4.74. The van der Waals surface area contributed by atoms with Crippen LogP contribution in [-0.4, -0.2) is 31.0 Å². The van der Waals surface area contributed by atoms with E-state index in [2.05, 4.69) is 15.2 Å². The first-order valence-electron chi connectivity index (χ1n) is 5.56. The smallest absolute Gasteiger partial charge is 0.428 e. The molecule has 1 rings (SSSR count). The first-order chi connectivity index (χ1) is 9.78. The van der Waals surface area contributed by atoms with Gasteiger partial charge < -0.3 is 10.1 Å². The van der Waals surface area contributed by atoms with Crippen molar-refractivity contribution in [3.8, 4) is 5.75 Å². The first kappa shape index (κ1) is 17.4. The van der Waals surface area contributed by atoms with Gasteiger partial charge in [-0.1, -0.05) is 5.18 Å². The average molecular weight is 333 g/mol. The summed E-state index contributed by atoms with van der Waals surface area (Å²) < 4.78 is 66.5. The molecular formula is C11H10ClF5N2O2. The van der Waals surface area contributed by atoms with Crippen molar-refractivity contribution in [2.45, 2.75) is 18.6 Å². The number of rotatable bonds is 8. The van der Waals surface area contributed by atoms with Crippen LogP contribution in [0.3, 0.4) is 0 Å². The molecule has 4 nitrogen and oxygen atoms in total. The lowest BCUT2D eigenvalue weighted by Gasteiger charge is -2.18. The Kier molecular flexibility index (Phi) is 6.13. The van der Waals surface area contributed by atoms with Crippen LogP contribution in [0, 0.1) is 10.7 Å². The standard InChI is InChI=1S/C11H10ClF5N2O2/c12-4-8(19-20)5-18-7-1-6(13)2-9(3-7)21-11(16,17)10(14)15/h1-3,8,10,18H,4-5H2/t8-/m0/s1. The molecule has 0 bridgehead atoms. The summed E-state index contributed by atoms with van der Waals surface area (Å²) in [4.78, 5) is 10.3. The lowest BCUT2D eigenvalue weighted by molar-refractivity contribution is -0.253. The Balaban J connectivity index is 2.82. The molecule has 118 valence electrons. The van der Waals surface area contributed by atoms with Crippen molar-refractivity contribution in [2.75, 3.05) is 17.7 Å². The van der Waals surface area contributed by atoms with Gasteiger partial charge in [0.05, 0.1) is 0 Å². The van der Waals surface area contributed by atoms with E-state index in [-0.39, 0.29) is 18.1 Å². The average Bonchev–Trinajstić information content (AvgIpc) is 2.38. The number of hydrogen-bond donors (Lipinski definition) is 1. The van der Waals surface area contributed by atoms with Gasteiger partial charge in [-0.15, -0.1) is 11.6 Å². The largest absolute Gasteiger partial charge is 0.461 e. The third kappa shape index (κ3) is 5.33. The Morgan fingerprint density at radius 2 is 2.00 bits per heavy atom. The molecule has 1 atom stereocenters. The third-order valence-electron chi connectivity index (χ3n) is 2.25. The molecule has 1 aromatic rings. The van der Waals surface area contributed by atoms with E-state index in [4.69, 9.17) is 11.6 Å². The molecule has 0 aromatic heterocycles. The van der Waals surface area contributed by atoms with Crippen molar-refractivity contribution in [1.82, 2.24) is 0 Å². The van der Waals surface area contributed by atoms with Crippen molar-refractivity contribution in [2.24, 2.45) is 5.18 Å². The predicted octanol–water partition coefficient (Wildman–Crippen LogP) is 3.85. The van der Waals surface area contributed by atoms with Crippen LogP contribution in [0.5, 0.6) is 5.75 Å². The quantitative estimate of drug-likeness (QED) is 0.447. The van der Waals surface area contributed by atoms with Crippen LogP contribution in [0.1, 0.15) is 0 Å². The summed E-state index contributed by atoms with van der Waals surface area (Å²) in [6, 6.07) is 1.50. The van der Waals surface area contributed by atoms with Crippen LogP contribution < -0.4 is 10.1 Å². The lowest BCUT2D eigenvalue weighted by Crippen LogP contribution is -2.33. The zero-order valence-electron chi connectivity index (χ0n) is 10.3. The molecule has 10 heteroatoms. The number of anilines is 1. The highest BCUT2D eigenvalue weighted by Gasteiger charge is 2.44. The maximum absolute atomic E-state index is 13.2. The highest BCUT2D eigenvalue weighted by molar-refractivity contribution is 6.18. The molecule has 0 saturated carbocycles. The van der Waals surface area contributed by atoms with Crippen LogP contribution in [0.2, 0.25) is 0 Å². The van der Waals surface area contributed by atoms with Gasteiger partial charge in [0.15, 0.2) is 0 Å². The number of nitrogens with one attached hydrogen (secondary N) is 1. The van der Waals surface area contributed by atoms with Gasteiger partial charge in [0.1, 0.15) is 17.6 Å². The zero-order chi connectivity index (χ0) is 16.0. The van der Waals surface area contributed by atoms with Gasteiger partial charge in [-0.2, -0.15) is 22.5 Å². The molecule has 21 heavy (non-hydrogen) atoms. The second-order valence-electron chi connectivity index (χ2n) is 3.93. The Labute approximate surface area is 121 Å². The summed E-state index contributed by atoms with van der Waals surface area (Å²) in [5.74, 6) is -1.87. The van der Waals surface area contributed by atoms with Crippen LogP contribution in [0.15, 0.2) is 23.4 Å². The van der Waals surface area contributed by atoms with E-state index >= 15 is 0 Å². The number of alkyl halides is 5. The molecule has 0 aliphatic heterocycles. The van der Waals surface area contributed by atoms with Gasteiger partial charge in [0, 0.05) is 30.2 Å². The minimum Gasteiger partial charge on any atom is -0.428 e. The van der Waals surface area contributed by atoms with Gasteiger partial charge in [-0.3, -0.25) is 0 Å². The van der Waals surface area contributed by atoms with E-state index in [1.165, 1.54) is 0 Å². The molecule has 0 heterocycles. The van der Waals surface area contributed by atoms with Crippen molar-refractivity contribution in [3.63, 3.8) is 0 Å². The maximum Gasteiger partial charge on any atom is 0.461 e. The number of halogens is 6. The Morgan fingerprint density at radius 1 is 1.33 bits per heavy atom. The van der Waals surface area contributed by atoms with Gasteiger partial charge >= 0.3 is 12.5 Å². The predicted molar refractivity (Wildman–Crippen MR) is 66.8 cm³/mol. The van der Waals surface area contributed by atoms with Crippen LogP contribution in [0.25, 0.3) is 0 Å². The molecule has 1 aromatic carbocycles. The Hall–Kier alpha value is -1.64. The number of hydrogen-bond acceptors (Lipinski definition) is 4. The molecule has 0 amide bonds. The van der Waals surface area contributed by atoms with E-state index < -0.39 is 30.1 Å². The summed E-state index contributed by atoms with van der Waals surface area (Å²) >= 11 is 5.40. The molecule has 0 aliphatic carbocycles. The van der Waals surface area contributed by atoms with E-state index in [1.54, 1.807) is 0 Å². The summed E-state index contributed by atoms with van der Waals surface area (Å²) in [5, 5.41) is 5.17. The highest BCUT2D eigenvalue weighted by Crippen LogP contribution is 2.29. The number of ether oxygens (including phenoxy) is 1. The van der Waals surface area contributed by atoms with E-state index in [0.29, 0.717) is 6.07 Å². The lowest BCUT2D eigenvalue weighted by atomic mass is 10.2. The minimum absolute atomic E-state index is 0.0474. The third-order valence-corrected chi connectivity index (χ3v) is 2.60. The Bertz CT molecular complexity index is 490. The van der Waals surface area contributed by atoms with Crippen LogP contribution in [0.4, 0.5) is 27.6 Å². The molecule has 0 saturated heterocycles. The normalized spacial score (nSPS) is 13.1.